The van der Waals surface area contributed by atoms with Gasteiger partial charge in [-0.2, -0.15) is 0 Å². The molecule has 6 heteroatoms. The van der Waals surface area contributed by atoms with E-state index < -0.39 is 16.4 Å². The summed E-state index contributed by atoms with van der Waals surface area (Å²) in [4.78, 5) is 13.1. The number of rotatable bonds is 2. The number of hydrogen-bond acceptors (Lipinski definition) is 4. The Morgan fingerprint density at radius 3 is 2.77 bits per heavy atom. The van der Waals surface area contributed by atoms with E-state index in [4.69, 9.17) is 5.73 Å². The molecule has 0 saturated heterocycles. The maximum Gasteiger partial charge on any atom is 0.317 e. The molecule has 0 fully saturated rings. The second-order valence-electron chi connectivity index (χ2n) is 2.43. The van der Waals surface area contributed by atoms with Crippen LogP contribution in [0.15, 0.2) is 6.20 Å². The van der Waals surface area contributed by atoms with Crippen molar-refractivity contribution >= 4 is 11.5 Å². The summed E-state index contributed by atoms with van der Waals surface area (Å²) in [5.41, 5.74) is 4.82. The zero-order chi connectivity index (χ0) is 10.0. The lowest BCUT2D eigenvalue weighted by Gasteiger charge is -2.02. The molecular weight excluding hydrogens is 177 g/mol. The Hall–Kier alpha value is -1.72. The van der Waals surface area contributed by atoms with Crippen LogP contribution in [0.2, 0.25) is 0 Å². The van der Waals surface area contributed by atoms with Gasteiger partial charge in [0.25, 0.3) is 0 Å². The van der Waals surface area contributed by atoms with Crippen LogP contribution in [0.1, 0.15) is 12.5 Å². The Labute approximate surface area is 73.5 Å². The Morgan fingerprint density at radius 1 is 1.77 bits per heavy atom. The van der Waals surface area contributed by atoms with Gasteiger partial charge in [-0.05, 0) is 6.42 Å². The fraction of sp³-hybridized carbons (Fsp3) is 0.286. The van der Waals surface area contributed by atoms with Crippen molar-refractivity contribution in [2.24, 2.45) is 0 Å². The highest BCUT2D eigenvalue weighted by molar-refractivity contribution is 5.57. The van der Waals surface area contributed by atoms with Gasteiger partial charge >= 0.3 is 5.69 Å². The van der Waals surface area contributed by atoms with E-state index >= 15 is 0 Å². The molecule has 0 atom stereocenters. The molecule has 2 N–H and O–H groups in total. The second kappa shape index (κ2) is 3.34. The Bertz CT molecular complexity index is 354. The van der Waals surface area contributed by atoms with Gasteiger partial charge < -0.3 is 5.73 Å². The van der Waals surface area contributed by atoms with Crippen molar-refractivity contribution in [2.45, 2.75) is 13.3 Å². The molecule has 1 rings (SSSR count). The van der Waals surface area contributed by atoms with Gasteiger partial charge in [0.1, 0.15) is 0 Å². The first-order valence-electron chi connectivity index (χ1n) is 3.65. The first-order chi connectivity index (χ1) is 6.07. The van der Waals surface area contributed by atoms with Crippen molar-refractivity contribution in [2.75, 3.05) is 5.73 Å². The predicted molar refractivity (Wildman–Crippen MR) is 44.6 cm³/mol. The summed E-state index contributed by atoms with van der Waals surface area (Å²) in [5, 5.41) is 10.5. The topological polar surface area (TPSA) is 82.0 Å². The normalized spacial score (nSPS) is 10.0. The van der Waals surface area contributed by atoms with E-state index in [0.717, 1.165) is 6.20 Å². The van der Waals surface area contributed by atoms with Crippen molar-refractivity contribution < 1.29 is 9.31 Å². The number of hydrogen-bond donors (Lipinski definition) is 1. The first kappa shape index (κ1) is 9.37. The Morgan fingerprint density at radius 2 is 2.38 bits per heavy atom. The summed E-state index contributed by atoms with van der Waals surface area (Å²) in [6, 6.07) is 0. The van der Waals surface area contributed by atoms with Gasteiger partial charge in [-0.1, -0.05) is 6.92 Å². The van der Waals surface area contributed by atoms with Crippen LogP contribution in [0.5, 0.6) is 0 Å². The number of nitrogens with two attached hydrogens (primary N) is 1. The molecule has 0 aliphatic rings. The molecular formula is C7H8FN3O2. The summed E-state index contributed by atoms with van der Waals surface area (Å²) in [7, 11) is 0. The molecule has 1 aromatic heterocycles. The van der Waals surface area contributed by atoms with Gasteiger partial charge in [0.05, 0.1) is 16.7 Å². The molecule has 0 saturated carbocycles. The van der Waals surface area contributed by atoms with E-state index in [2.05, 4.69) is 4.98 Å². The van der Waals surface area contributed by atoms with Gasteiger partial charge in [0.15, 0.2) is 5.82 Å². The average Bonchev–Trinajstić information content (AvgIpc) is 2.07. The zero-order valence-corrected chi connectivity index (χ0v) is 6.95. The maximum absolute atomic E-state index is 13.0. The maximum atomic E-state index is 13.0. The number of aromatic nitrogens is 1. The Balaban J connectivity index is 3.43. The van der Waals surface area contributed by atoms with Crippen molar-refractivity contribution in [3.8, 4) is 0 Å². The highest BCUT2D eigenvalue weighted by Crippen LogP contribution is 2.26. The minimum atomic E-state index is -0.718. The lowest BCUT2D eigenvalue weighted by molar-refractivity contribution is -0.385. The third-order valence-electron chi connectivity index (χ3n) is 1.67. The van der Waals surface area contributed by atoms with Crippen LogP contribution in [-0.2, 0) is 6.42 Å². The van der Waals surface area contributed by atoms with Crippen molar-refractivity contribution in [1.82, 2.24) is 4.98 Å². The van der Waals surface area contributed by atoms with E-state index in [0.29, 0.717) is 0 Å². The van der Waals surface area contributed by atoms with Crippen LogP contribution in [0.4, 0.5) is 15.9 Å². The number of halogens is 1. The highest BCUT2D eigenvalue weighted by Gasteiger charge is 2.21. The average molecular weight is 185 g/mol. The molecule has 0 radical (unpaired) electrons. The summed E-state index contributed by atoms with van der Waals surface area (Å²) in [5.74, 6) is -0.938. The molecule has 13 heavy (non-hydrogen) atoms. The summed E-state index contributed by atoms with van der Waals surface area (Å²) in [6.07, 6.45) is 1.11. The van der Waals surface area contributed by atoms with E-state index in [1.807, 2.05) is 0 Å². The molecule has 0 spiro atoms. The van der Waals surface area contributed by atoms with Crippen LogP contribution < -0.4 is 5.73 Å². The smallest absolute Gasteiger partial charge is 0.317 e. The second-order valence-corrected chi connectivity index (χ2v) is 2.43. The van der Waals surface area contributed by atoms with Crippen LogP contribution in [0.25, 0.3) is 0 Å². The van der Waals surface area contributed by atoms with Crippen molar-refractivity contribution in [1.29, 1.82) is 0 Å². The quantitative estimate of drug-likeness (QED) is 0.555. The fourth-order valence-electron chi connectivity index (χ4n) is 1.07. The van der Waals surface area contributed by atoms with Crippen molar-refractivity contribution in [3.63, 3.8) is 0 Å². The third kappa shape index (κ3) is 1.56. The van der Waals surface area contributed by atoms with E-state index in [9.17, 15) is 14.5 Å². The summed E-state index contributed by atoms with van der Waals surface area (Å²) < 4.78 is 13.0. The molecule has 70 valence electrons. The molecule has 0 aromatic carbocycles. The standard InChI is InChI=1S/C7H8FN3O2/c1-2-4-5(8)3-10-7(9)6(4)11(12)13/h3H,2H2,1H3,(H2,9,10). The van der Waals surface area contributed by atoms with Crippen LogP contribution >= 0.6 is 0 Å². The zero-order valence-electron chi connectivity index (χ0n) is 6.95. The van der Waals surface area contributed by atoms with Crippen LogP contribution in [0.3, 0.4) is 0 Å². The summed E-state index contributed by atoms with van der Waals surface area (Å²) in [6.45, 7) is 1.62. The number of nitrogen functional groups attached to an aromatic ring is 1. The molecule has 0 bridgehead atoms. The Kier molecular flexibility index (Phi) is 2.41. The molecule has 0 amide bonds. The van der Waals surface area contributed by atoms with Crippen LogP contribution in [-0.4, -0.2) is 9.91 Å². The molecule has 1 aromatic rings. The van der Waals surface area contributed by atoms with Gasteiger partial charge in [-0.25, -0.2) is 9.37 Å². The number of nitrogens with zero attached hydrogens (tertiary/aromatic N) is 2. The third-order valence-corrected chi connectivity index (χ3v) is 1.67. The van der Waals surface area contributed by atoms with E-state index in [1.54, 1.807) is 6.92 Å². The minimum absolute atomic E-state index is 0.00231. The monoisotopic (exact) mass is 185 g/mol. The lowest BCUT2D eigenvalue weighted by atomic mass is 10.1. The van der Waals surface area contributed by atoms with Gasteiger partial charge in [-0.15, -0.1) is 0 Å². The highest BCUT2D eigenvalue weighted by atomic mass is 19.1. The van der Waals surface area contributed by atoms with E-state index in [-0.39, 0.29) is 17.8 Å². The lowest BCUT2D eigenvalue weighted by Crippen LogP contribution is -2.04. The summed E-state index contributed by atoms with van der Waals surface area (Å²) >= 11 is 0. The molecule has 1 heterocycles. The van der Waals surface area contributed by atoms with E-state index in [1.165, 1.54) is 0 Å². The van der Waals surface area contributed by atoms with Crippen LogP contribution in [0, 0.1) is 15.9 Å². The molecule has 0 unspecified atom stereocenters. The fourth-order valence-corrected chi connectivity index (χ4v) is 1.07. The van der Waals surface area contributed by atoms with Gasteiger partial charge in [0, 0.05) is 0 Å². The van der Waals surface area contributed by atoms with Gasteiger partial charge in [-0.3, -0.25) is 10.1 Å². The first-order valence-corrected chi connectivity index (χ1v) is 3.65. The number of nitro groups is 1. The van der Waals surface area contributed by atoms with Gasteiger partial charge in [0.2, 0.25) is 5.82 Å². The van der Waals surface area contributed by atoms with Crippen molar-refractivity contribution in [3.05, 3.63) is 27.7 Å². The predicted octanol–water partition coefficient (Wildman–Crippen LogP) is 1.27. The SMILES string of the molecule is CCc1c(F)cnc(N)c1[N+](=O)[O-]. The molecule has 5 nitrogen and oxygen atoms in total. The molecule has 0 aliphatic carbocycles. The molecule has 0 aliphatic heterocycles. The number of anilines is 1. The largest absolute Gasteiger partial charge is 0.378 e. The number of pyridine rings is 1. The minimum Gasteiger partial charge on any atom is -0.378 e.